The molecule has 0 fully saturated rings. The number of aryl methyl sites for hydroxylation is 2. The van der Waals surface area contributed by atoms with E-state index in [1.807, 2.05) is 6.92 Å². The molecule has 0 radical (unpaired) electrons. The molecule has 0 aromatic carbocycles. The van der Waals surface area contributed by atoms with Gasteiger partial charge in [-0.15, -0.1) is 11.3 Å². The topological polar surface area (TPSA) is 85.8 Å². The average molecular weight is 281 g/mol. The number of anilines is 1. The zero-order chi connectivity index (χ0) is 13.3. The number of hydrogen-bond donors (Lipinski definition) is 2. The van der Waals surface area contributed by atoms with E-state index < -0.39 is 0 Å². The normalized spacial score (nSPS) is 10.3. The fourth-order valence-corrected chi connectivity index (χ4v) is 2.22. The number of nitrogens with one attached hydrogen (secondary N) is 1. The van der Waals surface area contributed by atoms with E-state index in [0.717, 1.165) is 5.01 Å². The molecule has 2 heterocycles. The lowest BCUT2D eigenvalue weighted by Gasteiger charge is -2.06. The summed E-state index contributed by atoms with van der Waals surface area (Å²) in [5.74, 6) is 0.236. The van der Waals surface area contributed by atoms with Gasteiger partial charge in [-0.05, 0) is 6.92 Å². The summed E-state index contributed by atoms with van der Waals surface area (Å²) in [6, 6.07) is 0. The van der Waals surface area contributed by atoms with Crippen LogP contribution >= 0.6 is 23.6 Å². The first kappa shape index (κ1) is 12.7. The summed E-state index contributed by atoms with van der Waals surface area (Å²) in [6.07, 6.45) is 3.06. The third kappa shape index (κ3) is 2.39. The van der Waals surface area contributed by atoms with E-state index in [4.69, 9.17) is 18.0 Å². The van der Waals surface area contributed by atoms with E-state index in [-0.39, 0.29) is 10.9 Å². The molecule has 0 aliphatic rings. The van der Waals surface area contributed by atoms with Crippen LogP contribution in [0.25, 0.3) is 0 Å². The molecular weight excluding hydrogens is 270 g/mol. The van der Waals surface area contributed by atoms with Crippen molar-refractivity contribution >= 4 is 40.3 Å². The summed E-state index contributed by atoms with van der Waals surface area (Å²) in [4.78, 5) is 16.7. The predicted octanol–water partition coefficient (Wildman–Crippen LogP) is 1.07. The van der Waals surface area contributed by atoms with Crippen LogP contribution in [0.4, 0.5) is 5.82 Å². The lowest BCUT2D eigenvalue weighted by Crippen LogP contribution is -2.18. The van der Waals surface area contributed by atoms with Gasteiger partial charge in [-0.3, -0.25) is 9.48 Å². The van der Waals surface area contributed by atoms with Crippen molar-refractivity contribution in [2.75, 3.05) is 5.32 Å². The van der Waals surface area contributed by atoms with Crippen LogP contribution in [0.1, 0.15) is 20.2 Å². The molecule has 3 N–H and O–H groups in total. The van der Waals surface area contributed by atoms with Crippen LogP contribution in [0, 0.1) is 6.92 Å². The van der Waals surface area contributed by atoms with Crippen LogP contribution in [0.2, 0.25) is 0 Å². The van der Waals surface area contributed by atoms with Crippen LogP contribution in [-0.2, 0) is 7.05 Å². The lowest BCUT2D eigenvalue weighted by molar-refractivity contribution is 0.102. The third-order valence-corrected chi connectivity index (χ3v) is 3.41. The molecule has 8 heteroatoms. The lowest BCUT2D eigenvalue weighted by atomic mass is 10.3. The van der Waals surface area contributed by atoms with Crippen LogP contribution in [0.15, 0.2) is 12.4 Å². The maximum Gasteiger partial charge on any atom is 0.268 e. The Kier molecular flexibility index (Phi) is 3.39. The Morgan fingerprint density at radius 3 is 2.83 bits per heavy atom. The van der Waals surface area contributed by atoms with E-state index in [2.05, 4.69) is 15.4 Å². The number of thiazole rings is 1. The second kappa shape index (κ2) is 4.83. The van der Waals surface area contributed by atoms with Gasteiger partial charge in [0.15, 0.2) is 0 Å². The molecule has 0 aliphatic heterocycles. The standard InChI is InChI=1S/C10H11N5OS2/c1-5-12-4-7(18-5)10(16)14-9-6(8(11)17)3-13-15(9)2/h3-4H,1-2H3,(H2,11,17)(H,14,16). The van der Waals surface area contributed by atoms with E-state index in [0.29, 0.717) is 16.3 Å². The molecule has 0 saturated heterocycles. The average Bonchev–Trinajstić information content (AvgIpc) is 2.87. The van der Waals surface area contributed by atoms with Gasteiger partial charge in [0.05, 0.1) is 23.0 Å². The number of thiocarbonyl (C=S) groups is 1. The Balaban J connectivity index is 2.27. The highest BCUT2D eigenvalue weighted by Gasteiger charge is 2.16. The quantitative estimate of drug-likeness (QED) is 0.822. The second-order valence-electron chi connectivity index (χ2n) is 3.59. The monoisotopic (exact) mass is 281 g/mol. The van der Waals surface area contributed by atoms with Crippen LogP contribution < -0.4 is 11.1 Å². The SMILES string of the molecule is Cc1ncc(C(=O)Nc2c(C(N)=S)cnn2C)s1. The number of nitrogens with zero attached hydrogens (tertiary/aromatic N) is 3. The predicted molar refractivity (Wildman–Crippen MR) is 73.9 cm³/mol. The zero-order valence-corrected chi connectivity index (χ0v) is 11.4. The van der Waals surface area contributed by atoms with Gasteiger partial charge in [0.25, 0.3) is 5.91 Å². The minimum absolute atomic E-state index is 0.193. The minimum Gasteiger partial charge on any atom is -0.389 e. The molecule has 6 nitrogen and oxygen atoms in total. The Labute approximate surface area is 113 Å². The van der Waals surface area contributed by atoms with Gasteiger partial charge in [-0.1, -0.05) is 12.2 Å². The van der Waals surface area contributed by atoms with E-state index >= 15 is 0 Å². The molecular formula is C10H11N5OS2. The highest BCUT2D eigenvalue weighted by Crippen LogP contribution is 2.17. The summed E-state index contributed by atoms with van der Waals surface area (Å²) in [6.45, 7) is 1.84. The Hall–Kier alpha value is -1.80. The molecule has 2 rings (SSSR count). The highest BCUT2D eigenvalue weighted by molar-refractivity contribution is 7.80. The molecule has 0 saturated carbocycles. The largest absolute Gasteiger partial charge is 0.389 e. The fourth-order valence-electron chi connectivity index (χ4n) is 1.40. The molecule has 0 aliphatic carbocycles. The molecule has 0 bridgehead atoms. The van der Waals surface area contributed by atoms with Crippen LogP contribution in [-0.4, -0.2) is 25.7 Å². The van der Waals surface area contributed by atoms with Crippen LogP contribution in [0.5, 0.6) is 0 Å². The summed E-state index contributed by atoms with van der Waals surface area (Å²) < 4.78 is 1.51. The van der Waals surface area contributed by atoms with Crippen molar-refractivity contribution in [3.8, 4) is 0 Å². The number of rotatable bonds is 3. The number of amides is 1. The first-order chi connectivity index (χ1) is 8.49. The van der Waals surface area contributed by atoms with Gasteiger partial charge in [0.2, 0.25) is 0 Å². The molecule has 0 unspecified atom stereocenters. The van der Waals surface area contributed by atoms with Crippen molar-refractivity contribution in [1.29, 1.82) is 0 Å². The third-order valence-electron chi connectivity index (χ3n) is 2.28. The first-order valence-corrected chi connectivity index (χ1v) is 6.27. The number of hydrogen-bond acceptors (Lipinski definition) is 5. The molecule has 18 heavy (non-hydrogen) atoms. The smallest absolute Gasteiger partial charge is 0.268 e. The van der Waals surface area contributed by atoms with Gasteiger partial charge in [0, 0.05) is 7.05 Å². The van der Waals surface area contributed by atoms with Gasteiger partial charge >= 0.3 is 0 Å². The minimum atomic E-state index is -0.248. The maximum absolute atomic E-state index is 12.0. The maximum atomic E-state index is 12.0. The molecule has 2 aromatic heterocycles. The zero-order valence-electron chi connectivity index (χ0n) is 9.80. The molecule has 94 valence electrons. The van der Waals surface area contributed by atoms with Gasteiger partial charge < -0.3 is 11.1 Å². The fraction of sp³-hybridized carbons (Fsp3) is 0.200. The Morgan fingerprint density at radius 2 is 2.28 bits per heavy atom. The van der Waals surface area contributed by atoms with Crippen molar-refractivity contribution in [1.82, 2.24) is 14.8 Å². The molecule has 1 amide bonds. The summed E-state index contributed by atoms with van der Waals surface area (Å²) in [7, 11) is 1.70. The summed E-state index contributed by atoms with van der Waals surface area (Å²) in [5.41, 5.74) is 6.11. The van der Waals surface area contributed by atoms with Crippen molar-refractivity contribution in [3.63, 3.8) is 0 Å². The van der Waals surface area contributed by atoms with E-state index in [1.54, 1.807) is 7.05 Å². The van der Waals surface area contributed by atoms with Crippen molar-refractivity contribution in [2.24, 2.45) is 12.8 Å². The van der Waals surface area contributed by atoms with Crippen molar-refractivity contribution < 1.29 is 4.79 Å². The van der Waals surface area contributed by atoms with Gasteiger partial charge in [-0.25, -0.2) is 4.98 Å². The van der Waals surface area contributed by atoms with Gasteiger partial charge in [-0.2, -0.15) is 5.10 Å². The van der Waals surface area contributed by atoms with Gasteiger partial charge in [0.1, 0.15) is 15.7 Å². The number of carbonyl (C=O) groups is 1. The van der Waals surface area contributed by atoms with Crippen LogP contribution in [0.3, 0.4) is 0 Å². The summed E-state index contributed by atoms with van der Waals surface area (Å²) >= 11 is 6.22. The van der Waals surface area contributed by atoms with E-state index in [9.17, 15) is 4.79 Å². The molecule has 2 aromatic rings. The summed E-state index contributed by atoms with van der Waals surface area (Å²) in [5, 5.41) is 7.58. The van der Waals surface area contributed by atoms with E-state index in [1.165, 1.54) is 28.4 Å². The van der Waals surface area contributed by atoms with Crippen molar-refractivity contribution in [3.05, 3.63) is 27.8 Å². The Bertz CT molecular complexity index is 616. The highest BCUT2D eigenvalue weighted by atomic mass is 32.1. The Morgan fingerprint density at radius 1 is 1.56 bits per heavy atom. The number of aromatic nitrogens is 3. The molecule has 0 spiro atoms. The van der Waals surface area contributed by atoms with Crippen molar-refractivity contribution in [2.45, 2.75) is 6.92 Å². The second-order valence-corrected chi connectivity index (χ2v) is 5.27. The first-order valence-electron chi connectivity index (χ1n) is 5.04. The number of carbonyl (C=O) groups excluding carboxylic acids is 1. The molecule has 0 atom stereocenters. The number of nitrogens with two attached hydrogens (primary N) is 1.